The van der Waals surface area contributed by atoms with E-state index in [0.717, 1.165) is 17.5 Å². The summed E-state index contributed by atoms with van der Waals surface area (Å²) in [4.78, 5) is 34.6. The second-order valence-electron chi connectivity index (χ2n) is 5.88. The van der Waals surface area contributed by atoms with Crippen LogP contribution in [0.2, 0.25) is 0 Å². The van der Waals surface area contributed by atoms with E-state index in [-0.39, 0.29) is 31.2 Å². The number of hydrogen-bond donors (Lipinski definition) is 3. The molecular weight excluding hydrogens is 308 g/mol. The van der Waals surface area contributed by atoms with Crippen molar-refractivity contribution in [3.05, 3.63) is 35.4 Å². The third-order valence-corrected chi connectivity index (χ3v) is 3.61. The van der Waals surface area contributed by atoms with Gasteiger partial charge in [0.15, 0.2) is 0 Å². The second kappa shape index (κ2) is 10.4. The molecule has 1 aromatic rings. The summed E-state index contributed by atoms with van der Waals surface area (Å²) >= 11 is 0. The molecule has 6 nitrogen and oxygen atoms in total. The van der Waals surface area contributed by atoms with Gasteiger partial charge in [0.2, 0.25) is 11.8 Å². The molecule has 0 aromatic heterocycles. The molecule has 24 heavy (non-hydrogen) atoms. The highest BCUT2D eigenvalue weighted by Crippen LogP contribution is 2.11. The normalized spacial score (nSPS) is 11.6. The lowest BCUT2D eigenvalue weighted by atomic mass is 9.98. The van der Waals surface area contributed by atoms with Crippen LogP contribution < -0.4 is 10.6 Å². The third-order valence-electron chi connectivity index (χ3n) is 3.61. The van der Waals surface area contributed by atoms with Crippen LogP contribution in [0.4, 0.5) is 0 Å². The van der Waals surface area contributed by atoms with Gasteiger partial charge in [-0.3, -0.25) is 14.4 Å². The molecule has 0 aliphatic rings. The van der Waals surface area contributed by atoms with E-state index < -0.39 is 11.9 Å². The summed E-state index contributed by atoms with van der Waals surface area (Å²) in [5.41, 5.74) is 1.99. The highest BCUT2D eigenvalue weighted by atomic mass is 16.4. The maximum Gasteiger partial charge on any atom is 0.308 e. The lowest BCUT2D eigenvalue weighted by Crippen LogP contribution is -2.35. The molecule has 0 spiro atoms. The number of aliphatic carboxylic acids is 1. The van der Waals surface area contributed by atoms with Crippen LogP contribution in [0, 0.1) is 12.8 Å². The van der Waals surface area contributed by atoms with Crippen molar-refractivity contribution in [3.63, 3.8) is 0 Å². The fraction of sp³-hybridized carbons (Fsp3) is 0.500. The quantitative estimate of drug-likeness (QED) is 0.606. The predicted molar refractivity (Wildman–Crippen MR) is 91.6 cm³/mol. The molecule has 2 amide bonds. The molecule has 0 saturated heterocycles. The number of carboxylic acid groups (broad SMARTS) is 1. The first-order valence-corrected chi connectivity index (χ1v) is 8.24. The average Bonchev–Trinajstić information content (AvgIpc) is 2.54. The number of benzene rings is 1. The maximum absolute atomic E-state index is 11.8. The molecule has 0 bridgehead atoms. The van der Waals surface area contributed by atoms with Crippen molar-refractivity contribution in [2.45, 2.75) is 39.5 Å². The second-order valence-corrected chi connectivity index (χ2v) is 5.88. The highest BCUT2D eigenvalue weighted by molar-refractivity contribution is 5.84. The Labute approximate surface area is 142 Å². The first-order chi connectivity index (χ1) is 11.4. The molecule has 0 heterocycles. The Bertz CT molecular complexity index is 572. The summed E-state index contributed by atoms with van der Waals surface area (Å²) in [6, 6.07) is 7.65. The van der Waals surface area contributed by atoms with Gasteiger partial charge in [-0.2, -0.15) is 0 Å². The Hall–Kier alpha value is -2.37. The number of carboxylic acids is 1. The van der Waals surface area contributed by atoms with Crippen LogP contribution in [0.1, 0.15) is 37.3 Å². The minimum Gasteiger partial charge on any atom is -0.481 e. The minimum atomic E-state index is -0.947. The van der Waals surface area contributed by atoms with Gasteiger partial charge < -0.3 is 15.7 Å². The van der Waals surface area contributed by atoms with E-state index in [9.17, 15) is 19.5 Å². The number of hydrogen-bond acceptors (Lipinski definition) is 3. The summed E-state index contributed by atoms with van der Waals surface area (Å²) < 4.78 is 0. The zero-order chi connectivity index (χ0) is 17.9. The lowest BCUT2D eigenvalue weighted by molar-refractivity contribution is -0.141. The van der Waals surface area contributed by atoms with Gasteiger partial charge in [0.05, 0.1) is 5.92 Å². The maximum atomic E-state index is 11.8. The monoisotopic (exact) mass is 334 g/mol. The van der Waals surface area contributed by atoms with E-state index in [1.165, 1.54) is 0 Å². The Kier molecular flexibility index (Phi) is 8.54. The van der Waals surface area contributed by atoms with Crippen molar-refractivity contribution in [1.29, 1.82) is 0 Å². The van der Waals surface area contributed by atoms with E-state index >= 15 is 0 Å². The van der Waals surface area contributed by atoms with Crippen molar-refractivity contribution in [2.24, 2.45) is 5.92 Å². The highest BCUT2D eigenvalue weighted by Gasteiger charge is 2.19. The van der Waals surface area contributed by atoms with Gasteiger partial charge in [-0.15, -0.1) is 0 Å². The summed E-state index contributed by atoms with van der Waals surface area (Å²) in [6.45, 7) is 4.55. The first-order valence-electron chi connectivity index (χ1n) is 8.24. The number of carbonyl (C=O) groups excluding carboxylic acids is 2. The number of carbonyl (C=O) groups is 3. The number of rotatable bonds is 10. The molecule has 3 N–H and O–H groups in total. The molecule has 1 rings (SSSR count). The minimum absolute atomic E-state index is 0.0543. The topological polar surface area (TPSA) is 95.5 Å². The number of nitrogens with one attached hydrogen (secondary N) is 2. The van der Waals surface area contributed by atoms with E-state index in [1.54, 1.807) is 0 Å². The molecule has 6 heteroatoms. The van der Waals surface area contributed by atoms with Crippen molar-refractivity contribution < 1.29 is 19.5 Å². The third kappa shape index (κ3) is 7.76. The van der Waals surface area contributed by atoms with Gasteiger partial charge in [0, 0.05) is 25.9 Å². The van der Waals surface area contributed by atoms with E-state index in [2.05, 4.69) is 10.6 Å². The van der Waals surface area contributed by atoms with Gasteiger partial charge in [0.25, 0.3) is 0 Å². The van der Waals surface area contributed by atoms with E-state index in [4.69, 9.17) is 0 Å². The Morgan fingerprint density at radius 2 is 1.79 bits per heavy atom. The predicted octanol–water partition coefficient (Wildman–Crippen LogP) is 1.66. The standard InChI is InChI=1S/C18H26N2O4/c1-3-9-19-16(21)7-8-17(22)20-12-15(18(23)24)11-14-6-4-5-13(2)10-14/h4-6,10,15H,3,7-9,11-12H2,1-2H3,(H,19,21)(H,20,22)(H,23,24). The zero-order valence-electron chi connectivity index (χ0n) is 14.3. The van der Waals surface area contributed by atoms with Crippen LogP contribution >= 0.6 is 0 Å². The summed E-state index contributed by atoms with van der Waals surface area (Å²) in [5, 5.41) is 14.6. The van der Waals surface area contributed by atoms with Gasteiger partial charge in [0.1, 0.15) is 0 Å². The van der Waals surface area contributed by atoms with Gasteiger partial charge in [-0.05, 0) is 25.3 Å². The van der Waals surface area contributed by atoms with Crippen molar-refractivity contribution in [2.75, 3.05) is 13.1 Å². The van der Waals surface area contributed by atoms with E-state index in [0.29, 0.717) is 13.0 Å². The molecule has 1 unspecified atom stereocenters. The Morgan fingerprint density at radius 3 is 2.38 bits per heavy atom. The molecule has 1 aromatic carbocycles. The summed E-state index contributed by atoms with van der Waals surface area (Å²) in [5.74, 6) is -2.11. The Balaban J connectivity index is 2.42. The average molecular weight is 334 g/mol. The van der Waals surface area contributed by atoms with Crippen LogP contribution in [0.15, 0.2) is 24.3 Å². The lowest BCUT2D eigenvalue weighted by Gasteiger charge is -2.14. The van der Waals surface area contributed by atoms with Gasteiger partial charge >= 0.3 is 5.97 Å². The summed E-state index contributed by atoms with van der Waals surface area (Å²) in [7, 11) is 0. The molecule has 0 saturated carbocycles. The fourth-order valence-electron chi connectivity index (χ4n) is 2.28. The van der Waals surface area contributed by atoms with Crippen molar-refractivity contribution in [3.8, 4) is 0 Å². The molecule has 1 atom stereocenters. The van der Waals surface area contributed by atoms with Crippen molar-refractivity contribution in [1.82, 2.24) is 10.6 Å². The first kappa shape index (κ1) is 19.7. The zero-order valence-corrected chi connectivity index (χ0v) is 14.3. The molecule has 0 aliphatic heterocycles. The van der Waals surface area contributed by atoms with Crippen LogP contribution in [0.3, 0.4) is 0 Å². The summed E-state index contributed by atoms with van der Waals surface area (Å²) in [6.07, 6.45) is 1.37. The fourth-order valence-corrected chi connectivity index (χ4v) is 2.28. The van der Waals surface area contributed by atoms with Gasteiger partial charge in [-0.25, -0.2) is 0 Å². The molecule has 132 valence electrons. The number of aryl methyl sites for hydroxylation is 1. The van der Waals surface area contributed by atoms with Gasteiger partial charge in [-0.1, -0.05) is 36.8 Å². The van der Waals surface area contributed by atoms with Crippen LogP contribution in [-0.4, -0.2) is 36.0 Å². The molecule has 0 fully saturated rings. The van der Waals surface area contributed by atoms with Crippen LogP contribution in [-0.2, 0) is 20.8 Å². The molecule has 0 aliphatic carbocycles. The largest absolute Gasteiger partial charge is 0.481 e. The number of amides is 2. The van der Waals surface area contributed by atoms with Crippen LogP contribution in [0.5, 0.6) is 0 Å². The molecule has 0 radical (unpaired) electrons. The SMILES string of the molecule is CCCNC(=O)CCC(=O)NCC(Cc1cccc(C)c1)C(=O)O. The van der Waals surface area contributed by atoms with Crippen molar-refractivity contribution >= 4 is 17.8 Å². The molecular formula is C18H26N2O4. The van der Waals surface area contributed by atoms with E-state index in [1.807, 2.05) is 38.1 Å². The van der Waals surface area contributed by atoms with Crippen LogP contribution in [0.25, 0.3) is 0 Å². The smallest absolute Gasteiger partial charge is 0.308 e. The Morgan fingerprint density at radius 1 is 1.12 bits per heavy atom.